The minimum absolute atomic E-state index is 0.421. The number of anilines is 2. The first-order valence-corrected chi connectivity index (χ1v) is 10.8. The van der Waals surface area contributed by atoms with E-state index in [1.807, 2.05) is 17.1 Å². The largest absolute Gasteiger partial charge is 0.381 e. The number of hydrogen-bond donors (Lipinski definition) is 2. The fraction of sp³-hybridized carbons (Fsp3) is 0.478. The van der Waals surface area contributed by atoms with E-state index in [9.17, 15) is 0 Å². The molecule has 1 fully saturated rings. The number of benzene rings is 1. The third kappa shape index (κ3) is 4.57. The molecule has 0 aliphatic carbocycles. The first-order valence-electron chi connectivity index (χ1n) is 10.8. The molecule has 7 heteroatoms. The first-order chi connectivity index (χ1) is 14.7. The summed E-state index contributed by atoms with van der Waals surface area (Å²) >= 11 is 0. The highest BCUT2D eigenvalue weighted by atomic mass is 16.5. The van der Waals surface area contributed by atoms with E-state index in [2.05, 4.69) is 65.9 Å². The SMILES string of the molecule is CCn1ncc2c(NC3CCOCC3)c(CNCc3cccc(N(C)C)c3)cnc21. The highest BCUT2D eigenvalue weighted by Crippen LogP contribution is 2.28. The quantitative estimate of drug-likeness (QED) is 0.596. The monoisotopic (exact) mass is 408 g/mol. The zero-order chi connectivity index (χ0) is 20.9. The van der Waals surface area contributed by atoms with Gasteiger partial charge in [-0.2, -0.15) is 5.10 Å². The third-order valence-corrected chi connectivity index (χ3v) is 5.69. The number of hydrogen-bond acceptors (Lipinski definition) is 6. The number of aryl methyl sites for hydroxylation is 1. The van der Waals surface area contributed by atoms with Crippen LogP contribution in [0.4, 0.5) is 11.4 Å². The van der Waals surface area contributed by atoms with Crippen LogP contribution in [0.25, 0.3) is 11.0 Å². The standard InChI is InChI=1S/C23H32N6O/c1-4-29-23-21(16-26-29)22(27-19-8-10-30-11-9-19)18(15-25-23)14-24-13-17-6-5-7-20(12-17)28(2)3/h5-7,12,15-16,19,24H,4,8-11,13-14H2,1-3H3,(H,25,27). The van der Waals surface area contributed by atoms with Crippen molar-refractivity contribution in [1.29, 1.82) is 0 Å². The Hall–Kier alpha value is -2.64. The molecule has 0 spiro atoms. The summed E-state index contributed by atoms with van der Waals surface area (Å²) in [5, 5.41) is 13.0. The predicted molar refractivity (Wildman–Crippen MR) is 122 cm³/mol. The molecule has 3 aromatic rings. The minimum atomic E-state index is 0.421. The molecule has 0 atom stereocenters. The summed E-state index contributed by atoms with van der Waals surface area (Å²) in [5.74, 6) is 0. The Kier molecular flexibility index (Phi) is 6.50. The van der Waals surface area contributed by atoms with Crippen molar-refractivity contribution in [3.05, 3.63) is 47.8 Å². The molecular weight excluding hydrogens is 376 g/mol. The van der Waals surface area contributed by atoms with Gasteiger partial charge < -0.3 is 20.3 Å². The van der Waals surface area contributed by atoms with Gasteiger partial charge in [-0.3, -0.25) is 0 Å². The zero-order valence-electron chi connectivity index (χ0n) is 18.2. The van der Waals surface area contributed by atoms with Crippen LogP contribution in [0.5, 0.6) is 0 Å². The van der Waals surface area contributed by atoms with E-state index in [0.717, 1.165) is 62.4 Å². The van der Waals surface area contributed by atoms with Crippen molar-refractivity contribution in [3.8, 4) is 0 Å². The zero-order valence-corrected chi connectivity index (χ0v) is 18.2. The van der Waals surface area contributed by atoms with Crippen molar-refractivity contribution in [2.24, 2.45) is 0 Å². The Morgan fingerprint density at radius 1 is 1.17 bits per heavy atom. The molecule has 0 amide bonds. The van der Waals surface area contributed by atoms with Crippen molar-refractivity contribution >= 4 is 22.4 Å². The molecule has 2 aromatic heterocycles. The lowest BCUT2D eigenvalue weighted by Crippen LogP contribution is -2.28. The number of aromatic nitrogens is 3. The molecule has 2 N–H and O–H groups in total. The molecule has 1 saturated heterocycles. The summed E-state index contributed by atoms with van der Waals surface area (Å²) in [5.41, 5.74) is 5.75. The molecule has 1 aromatic carbocycles. The van der Waals surface area contributed by atoms with Gasteiger partial charge in [0, 0.05) is 70.4 Å². The summed E-state index contributed by atoms with van der Waals surface area (Å²) in [7, 11) is 4.14. The fourth-order valence-corrected chi connectivity index (χ4v) is 3.94. The lowest BCUT2D eigenvalue weighted by Gasteiger charge is -2.26. The van der Waals surface area contributed by atoms with Gasteiger partial charge in [0.25, 0.3) is 0 Å². The van der Waals surface area contributed by atoms with Crippen molar-refractivity contribution < 1.29 is 4.74 Å². The van der Waals surface area contributed by atoms with Crippen molar-refractivity contribution in [2.45, 2.75) is 45.4 Å². The van der Waals surface area contributed by atoms with Crippen LogP contribution in [0.3, 0.4) is 0 Å². The number of ether oxygens (including phenoxy) is 1. The lowest BCUT2D eigenvalue weighted by molar-refractivity contribution is 0.0904. The second-order valence-electron chi connectivity index (χ2n) is 8.05. The maximum Gasteiger partial charge on any atom is 0.159 e. The first kappa shape index (κ1) is 20.6. The van der Waals surface area contributed by atoms with Gasteiger partial charge in [0.1, 0.15) is 0 Å². The molecule has 0 radical (unpaired) electrons. The third-order valence-electron chi connectivity index (χ3n) is 5.69. The van der Waals surface area contributed by atoms with Crippen LogP contribution in [0.2, 0.25) is 0 Å². The second kappa shape index (κ2) is 9.45. The van der Waals surface area contributed by atoms with E-state index in [1.54, 1.807) is 0 Å². The summed E-state index contributed by atoms with van der Waals surface area (Å²) in [4.78, 5) is 6.85. The minimum Gasteiger partial charge on any atom is -0.381 e. The molecule has 160 valence electrons. The Balaban J connectivity index is 1.53. The predicted octanol–water partition coefficient (Wildman–Crippen LogP) is 3.40. The molecule has 1 aliphatic rings. The molecule has 0 bridgehead atoms. The van der Waals surface area contributed by atoms with E-state index in [0.29, 0.717) is 6.04 Å². The Morgan fingerprint density at radius 3 is 2.77 bits per heavy atom. The maximum atomic E-state index is 5.53. The normalized spacial score (nSPS) is 14.9. The van der Waals surface area contributed by atoms with E-state index in [-0.39, 0.29) is 0 Å². The van der Waals surface area contributed by atoms with Gasteiger partial charge in [0.2, 0.25) is 0 Å². The summed E-state index contributed by atoms with van der Waals surface area (Å²) in [6, 6.07) is 9.04. The fourth-order valence-electron chi connectivity index (χ4n) is 3.94. The van der Waals surface area contributed by atoms with Crippen molar-refractivity contribution in [1.82, 2.24) is 20.1 Å². The van der Waals surface area contributed by atoms with Crippen molar-refractivity contribution in [3.63, 3.8) is 0 Å². The average molecular weight is 409 g/mol. The summed E-state index contributed by atoms with van der Waals surface area (Å²) in [6.07, 6.45) is 5.98. The van der Waals surface area contributed by atoms with Crippen LogP contribution in [-0.2, 0) is 24.4 Å². The molecule has 1 aliphatic heterocycles. The van der Waals surface area contributed by atoms with Gasteiger partial charge in [-0.25, -0.2) is 9.67 Å². The van der Waals surface area contributed by atoms with E-state index in [1.165, 1.54) is 16.8 Å². The Bertz CT molecular complexity index is 977. The maximum absolute atomic E-state index is 5.53. The molecule has 4 rings (SSSR count). The van der Waals surface area contributed by atoms with Gasteiger partial charge in [-0.05, 0) is 37.5 Å². The Labute approximate surface area is 178 Å². The van der Waals surface area contributed by atoms with E-state index >= 15 is 0 Å². The molecule has 3 heterocycles. The van der Waals surface area contributed by atoms with Gasteiger partial charge in [0.05, 0.1) is 17.3 Å². The van der Waals surface area contributed by atoms with Crippen LogP contribution >= 0.6 is 0 Å². The van der Waals surface area contributed by atoms with Crippen LogP contribution in [0, 0.1) is 0 Å². The number of rotatable bonds is 8. The average Bonchev–Trinajstić information content (AvgIpc) is 3.19. The highest BCUT2D eigenvalue weighted by molar-refractivity contribution is 5.90. The molecular formula is C23H32N6O. The molecule has 0 saturated carbocycles. The summed E-state index contributed by atoms with van der Waals surface area (Å²) in [6.45, 7) is 6.10. The van der Waals surface area contributed by atoms with E-state index in [4.69, 9.17) is 9.72 Å². The van der Waals surface area contributed by atoms with Crippen LogP contribution < -0.4 is 15.5 Å². The lowest BCUT2D eigenvalue weighted by atomic mass is 10.1. The van der Waals surface area contributed by atoms with Gasteiger partial charge in [-0.1, -0.05) is 12.1 Å². The number of pyridine rings is 1. The number of fused-ring (bicyclic) bond motifs is 1. The highest BCUT2D eigenvalue weighted by Gasteiger charge is 2.18. The molecule has 0 unspecified atom stereocenters. The van der Waals surface area contributed by atoms with Crippen LogP contribution in [-0.4, -0.2) is 48.1 Å². The van der Waals surface area contributed by atoms with E-state index < -0.39 is 0 Å². The van der Waals surface area contributed by atoms with Crippen molar-refractivity contribution in [2.75, 3.05) is 37.5 Å². The van der Waals surface area contributed by atoms with Gasteiger partial charge in [-0.15, -0.1) is 0 Å². The van der Waals surface area contributed by atoms with Crippen LogP contribution in [0.1, 0.15) is 30.9 Å². The number of nitrogens with one attached hydrogen (secondary N) is 2. The van der Waals surface area contributed by atoms with Gasteiger partial charge in [0.15, 0.2) is 5.65 Å². The smallest absolute Gasteiger partial charge is 0.159 e. The summed E-state index contributed by atoms with van der Waals surface area (Å²) < 4.78 is 7.49. The van der Waals surface area contributed by atoms with Gasteiger partial charge >= 0.3 is 0 Å². The topological polar surface area (TPSA) is 67.2 Å². The number of nitrogens with zero attached hydrogens (tertiary/aromatic N) is 4. The second-order valence-corrected chi connectivity index (χ2v) is 8.05. The van der Waals surface area contributed by atoms with Crippen LogP contribution in [0.15, 0.2) is 36.7 Å². The molecule has 7 nitrogen and oxygen atoms in total. The Morgan fingerprint density at radius 2 is 2.00 bits per heavy atom. The molecule has 30 heavy (non-hydrogen) atoms.